The van der Waals surface area contributed by atoms with Crippen LogP contribution < -0.4 is 5.32 Å². The summed E-state index contributed by atoms with van der Waals surface area (Å²) in [5.74, 6) is -0.629. The molecule has 0 saturated heterocycles. The highest BCUT2D eigenvalue weighted by molar-refractivity contribution is 5.88. The topological polar surface area (TPSA) is 55.4 Å². The summed E-state index contributed by atoms with van der Waals surface area (Å²) in [5.41, 5.74) is 0. The number of carbonyl (C=O) groups is 2. The number of carbonyl (C=O) groups excluding carboxylic acids is 2. The van der Waals surface area contributed by atoms with Gasteiger partial charge in [-0.15, -0.1) is 0 Å². The lowest BCUT2D eigenvalue weighted by Gasteiger charge is -2.12. The molecule has 0 fully saturated rings. The molecule has 4 nitrogen and oxygen atoms in total. The summed E-state index contributed by atoms with van der Waals surface area (Å²) in [6.07, 6.45) is -4.29. The molecule has 0 aromatic heterocycles. The maximum Gasteiger partial charge on any atom is 0.411 e. The van der Waals surface area contributed by atoms with E-state index in [-0.39, 0.29) is 18.8 Å². The van der Waals surface area contributed by atoms with Crippen LogP contribution in [-0.4, -0.2) is 37.1 Å². The van der Waals surface area contributed by atoms with Crippen molar-refractivity contribution in [3.8, 4) is 0 Å². The molecule has 7 heteroatoms. The van der Waals surface area contributed by atoms with Crippen molar-refractivity contribution in [2.45, 2.75) is 38.9 Å². The number of nitrogens with one attached hydrogen (secondary N) is 1. The fraction of sp³-hybridized carbons (Fsp3) is 0.800. The summed E-state index contributed by atoms with van der Waals surface area (Å²) >= 11 is 0. The van der Waals surface area contributed by atoms with Crippen molar-refractivity contribution in [3.63, 3.8) is 0 Å². The highest BCUT2D eigenvalue weighted by Crippen LogP contribution is 2.14. The molecular formula is C10H16F3NO3. The number of Topliss-reactive ketones (excluding diaryl/α,β-unsaturated/α-hetero) is 1. The van der Waals surface area contributed by atoms with Gasteiger partial charge >= 0.3 is 6.18 Å². The van der Waals surface area contributed by atoms with E-state index in [1.165, 1.54) is 6.92 Å². The van der Waals surface area contributed by atoms with Gasteiger partial charge in [-0.2, -0.15) is 13.2 Å². The van der Waals surface area contributed by atoms with Crippen molar-refractivity contribution in [3.05, 3.63) is 0 Å². The van der Waals surface area contributed by atoms with Gasteiger partial charge in [-0.1, -0.05) is 6.92 Å². The van der Waals surface area contributed by atoms with Crippen LogP contribution in [0.3, 0.4) is 0 Å². The summed E-state index contributed by atoms with van der Waals surface area (Å²) in [6.45, 7) is 1.50. The molecule has 100 valence electrons. The van der Waals surface area contributed by atoms with Crippen LogP contribution in [0.15, 0.2) is 0 Å². The maximum absolute atomic E-state index is 11.7. The van der Waals surface area contributed by atoms with Gasteiger partial charge in [0.25, 0.3) is 0 Å². The zero-order valence-electron chi connectivity index (χ0n) is 9.76. The average molecular weight is 255 g/mol. The van der Waals surface area contributed by atoms with Gasteiger partial charge in [0.05, 0.1) is 12.6 Å². The Labute approximate surface area is 97.5 Å². The van der Waals surface area contributed by atoms with E-state index in [9.17, 15) is 22.8 Å². The first-order valence-corrected chi connectivity index (χ1v) is 5.23. The van der Waals surface area contributed by atoms with E-state index in [1.807, 2.05) is 0 Å². The molecule has 0 aliphatic heterocycles. The number of hydrogen-bond acceptors (Lipinski definition) is 3. The quantitative estimate of drug-likeness (QED) is 0.700. The monoisotopic (exact) mass is 255 g/mol. The molecule has 0 rings (SSSR count). The lowest BCUT2D eigenvalue weighted by molar-refractivity contribution is -0.174. The lowest BCUT2D eigenvalue weighted by atomic mass is 10.1. The normalized spacial score (nSPS) is 13.2. The van der Waals surface area contributed by atoms with Crippen LogP contribution in [0, 0.1) is 0 Å². The molecule has 1 unspecified atom stereocenters. The molecule has 0 aliphatic carbocycles. The number of amides is 1. The number of ketones is 1. The van der Waals surface area contributed by atoms with Crippen LogP contribution >= 0.6 is 0 Å². The Morgan fingerprint density at radius 2 is 1.94 bits per heavy atom. The van der Waals surface area contributed by atoms with Crippen molar-refractivity contribution >= 4 is 11.7 Å². The first kappa shape index (κ1) is 15.9. The van der Waals surface area contributed by atoms with Crippen molar-refractivity contribution in [1.82, 2.24) is 5.32 Å². The Balaban J connectivity index is 3.70. The third-order valence-electron chi connectivity index (χ3n) is 1.95. The predicted octanol–water partition coefficient (Wildman–Crippen LogP) is 1.44. The minimum atomic E-state index is -4.39. The maximum atomic E-state index is 11.7. The molecule has 0 radical (unpaired) electrons. The minimum Gasteiger partial charge on any atom is -0.372 e. The highest BCUT2D eigenvalue weighted by atomic mass is 19.4. The van der Waals surface area contributed by atoms with Gasteiger partial charge in [0.15, 0.2) is 5.78 Å². The molecule has 0 aromatic rings. The van der Waals surface area contributed by atoms with E-state index in [0.29, 0.717) is 6.42 Å². The number of rotatable bonds is 7. The first-order chi connectivity index (χ1) is 7.76. The molecule has 1 amide bonds. The minimum absolute atomic E-state index is 0.130. The van der Waals surface area contributed by atoms with E-state index in [0.717, 1.165) is 0 Å². The predicted molar refractivity (Wildman–Crippen MR) is 54.4 cm³/mol. The molecule has 1 atom stereocenters. The Kier molecular flexibility index (Phi) is 6.79. The van der Waals surface area contributed by atoms with Gasteiger partial charge in [-0.25, -0.2) is 0 Å². The molecular weight excluding hydrogens is 239 g/mol. The van der Waals surface area contributed by atoms with Crippen molar-refractivity contribution in [1.29, 1.82) is 0 Å². The molecule has 0 heterocycles. The van der Waals surface area contributed by atoms with E-state index >= 15 is 0 Å². The SMILES string of the molecule is CCC(=O)C(C)NC(=O)CCOCC(F)(F)F. The number of ether oxygens (including phenoxy) is 1. The van der Waals surface area contributed by atoms with Gasteiger partial charge in [0, 0.05) is 12.8 Å². The zero-order valence-corrected chi connectivity index (χ0v) is 9.76. The third kappa shape index (κ3) is 8.67. The average Bonchev–Trinajstić information content (AvgIpc) is 2.21. The van der Waals surface area contributed by atoms with Crippen molar-refractivity contribution in [2.24, 2.45) is 0 Å². The summed E-state index contributed by atoms with van der Waals surface area (Å²) < 4.78 is 39.3. The fourth-order valence-corrected chi connectivity index (χ4v) is 1.05. The van der Waals surface area contributed by atoms with Crippen LogP contribution in [0.5, 0.6) is 0 Å². The molecule has 0 bridgehead atoms. The Morgan fingerprint density at radius 3 is 2.41 bits per heavy atom. The number of halogens is 3. The van der Waals surface area contributed by atoms with Gasteiger partial charge < -0.3 is 10.1 Å². The summed E-state index contributed by atoms with van der Waals surface area (Å²) in [7, 11) is 0. The third-order valence-corrected chi connectivity index (χ3v) is 1.95. The molecule has 0 spiro atoms. The van der Waals surface area contributed by atoms with E-state index in [2.05, 4.69) is 10.1 Å². The highest BCUT2D eigenvalue weighted by Gasteiger charge is 2.27. The number of alkyl halides is 3. The van der Waals surface area contributed by atoms with Gasteiger partial charge in [0.1, 0.15) is 6.61 Å². The van der Waals surface area contributed by atoms with E-state index in [1.54, 1.807) is 6.92 Å². The molecule has 0 aliphatic rings. The van der Waals surface area contributed by atoms with Crippen LogP contribution in [0.2, 0.25) is 0 Å². The van der Waals surface area contributed by atoms with Crippen LogP contribution in [0.25, 0.3) is 0 Å². The smallest absolute Gasteiger partial charge is 0.372 e. The lowest BCUT2D eigenvalue weighted by Crippen LogP contribution is -2.38. The summed E-state index contributed by atoms with van der Waals surface area (Å²) in [4.78, 5) is 22.3. The van der Waals surface area contributed by atoms with Crippen LogP contribution in [0.1, 0.15) is 26.7 Å². The summed E-state index contributed by atoms with van der Waals surface area (Å²) in [5, 5.41) is 2.38. The second kappa shape index (κ2) is 7.26. The first-order valence-electron chi connectivity index (χ1n) is 5.23. The van der Waals surface area contributed by atoms with Crippen LogP contribution in [-0.2, 0) is 14.3 Å². The molecule has 0 aromatic carbocycles. The van der Waals surface area contributed by atoms with Gasteiger partial charge in [0.2, 0.25) is 5.91 Å². The molecule has 1 N–H and O–H groups in total. The van der Waals surface area contributed by atoms with Gasteiger partial charge in [-0.05, 0) is 6.92 Å². The van der Waals surface area contributed by atoms with Crippen LogP contribution in [0.4, 0.5) is 13.2 Å². The largest absolute Gasteiger partial charge is 0.411 e. The standard InChI is InChI=1S/C10H16F3NO3/c1-3-8(15)7(2)14-9(16)4-5-17-6-10(11,12)13/h7H,3-6H2,1-2H3,(H,14,16). The van der Waals surface area contributed by atoms with Gasteiger partial charge in [-0.3, -0.25) is 9.59 Å². The second-order valence-corrected chi connectivity index (χ2v) is 3.53. The summed E-state index contributed by atoms with van der Waals surface area (Å²) in [6, 6.07) is -0.616. The fourth-order valence-electron chi connectivity index (χ4n) is 1.05. The van der Waals surface area contributed by atoms with Crippen molar-refractivity contribution < 1.29 is 27.5 Å². The second-order valence-electron chi connectivity index (χ2n) is 3.53. The van der Waals surface area contributed by atoms with E-state index < -0.39 is 24.7 Å². The Morgan fingerprint density at radius 1 is 1.35 bits per heavy atom. The Bertz CT molecular complexity index is 266. The molecule has 0 saturated carbocycles. The Hall–Kier alpha value is -1.11. The van der Waals surface area contributed by atoms with Crippen molar-refractivity contribution in [2.75, 3.05) is 13.2 Å². The number of hydrogen-bond donors (Lipinski definition) is 1. The molecule has 17 heavy (non-hydrogen) atoms. The zero-order chi connectivity index (χ0) is 13.5. The van der Waals surface area contributed by atoms with E-state index in [4.69, 9.17) is 0 Å².